The van der Waals surface area contributed by atoms with Crippen LogP contribution in [0.5, 0.6) is 0 Å². The summed E-state index contributed by atoms with van der Waals surface area (Å²) in [4.78, 5) is 23.9. The Hall–Kier alpha value is -0.970. The molecule has 0 radical (unpaired) electrons. The summed E-state index contributed by atoms with van der Waals surface area (Å²) in [5, 5.41) is 13.1. The maximum atomic E-state index is 12.5. The molecule has 20 heavy (non-hydrogen) atoms. The average molecular weight is 295 g/mol. The fourth-order valence-corrected chi connectivity index (χ4v) is 4.90. The summed E-state index contributed by atoms with van der Waals surface area (Å²) >= 11 is 1.86. The highest BCUT2D eigenvalue weighted by Crippen LogP contribution is 2.48. The van der Waals surface area contributed by atoms with Gasteiger partial charge in [0.05, 0.1) is 11.8 Å². The first kappa shape index (κ1) is 14.0. The molecule has 3 aliphatic carbocycles. The van der Waals surface area contributed by atoms with Crippen molar-refractivity contribution in [2.45, 2.75) is 37.0 Å². The largest absolute Gasteiger partial charge is 0.481 e. The van der Waals surface area contributed by atoms with Crippen LogP contribution in [0.25, 0.3) is 0 Å². The van der Waals surface area contributed by atoms with E-state index in [2.05, 4.69) is 11.6 Å². The number of carbonyl (C=O) groups is 2. The van der Waals surface area contributed by atoms with Gasteiger partial charge in [-0.2, -0.15) is 11.8 Å². The zero-order valence-electron chi connectivity index (χ0n) is 11.6. The molecule has 0 aliphatic heterocycles. The highest BCUT2D eigenvalue weighted by molar-refractivity contribution is 7.99. The molecule has 0 aromatic heterocycles. The zero-order chi connectivity index (χ0) is 14.3. The molecule has 2 saturated carbocycles. The van der Waals surface area contributed by atoms with E-state index in [9.17, 15) is 14.7 Å². The lowest BCUT2D eigenvalue weighted by Gasteiger charge is -2.25. The topological polar surface area (TPSA) is 66.4 Å². The summed E-state index contributed by atoms with van der Waals surface area (Å²) in [6.45, 7) is 0. The molecule has 0 aromatic rings. The molecule has 3 rings (SSSR count). The van der Waals surface area contributed by atoms with Gasteiger partial charge in [0.15, 0.2) is 0 Å². The second kappa shape index (κ2) is 5.43. The van der Waals surface area contributed by atoms with Crippen LogP contribution in [0.2, 0.25) is 0 Å². The summed E-state index contributed by atoms with van der Waals surface area (Å²) < 4.78 is 0. The second-order valence-electron chi connectivity index (χ2n) is 6.21. The Bertz CT molecular complexity index is 450. The minimum Gasteiger partial charge on any atom is -0.481 e. The van der Waals surface area contributed by atoms with Gasteiger partial charge in [-0.25, -0.2) is 0 Å². The van der Waals surface area contributed by atoms with Crippen LogP contribution in [-0.2, 0) is 9.59 Å². The normalized spacial score (nSPS) is 42.0. The number of fused-ring (bicyclic) bond motifs is 2. The quantitative estimate of drug-likeness (QED) is 0.778. The van der Waals surface area contributed by atoms with Crippen LogP contribution in [0.15, 0.2) is 12.2 Å². The van der Waals surface area contributed by atoms with Crippen molar-refractivity contribution in [1.29, 1.82) is 0 Å². The van der Waals surface area contributed by atoms with Crippen molar-refractivity contribution in [3.8, 4) is 0 Å². The summed E-state index contributed by atoms with van der Waals surface area (Å²) in [5.74, 6) is -1.58. The SMILES string of the molecule is CSC1CCC(NC(=O)C2C3C=CC(C3)C2C(=O)O)C1. The Labute approximate surface area is 123 Å². The van der Waals surface area contributed by atoms with Gasteiger partial charge in [-0.3, -0.25) is 9.59 Å². The number of hydrogen-bond donors (Lipinski definition) is 2. The third-order valence-electron chi connectivity index (χ3n) is 5.11. The van der Waals surface area contributed by atoms with Gasteiger partial charge in [0.2, 0.25) is 5.91 Å². The van der Waals surface area contributed by atoms with Crippen molar-refractivity contribution in [2.75, 3.05) is 6.26 Å². The van der Waals surface area contributed by atoms with Gasteiger partial charge in [-0.1, -0.05) is 12.2 Å². The number of thioether (sulfide) groups is 1. The summed E-state index contributed by atoms with van der Waals surface area (Å²) in [5.41, 5.74) is 0. The molecule has 3 aliphatic rings. The van der Waals surface area contributed by atoms with Crippen LogP contribution in [0.1, 0.15) is 25.7 Å². The van der Waals surface area contributed by atoms with Gasteiger partial charge >= 0.3 is 5.97 Å². The number of carboxylic acids is 1. The van der Waals surface area contributed by atoms with Gasteiger partial charge < -0.3 is 10.4 Å². The maximum absolute atomic E-state index is 12.5. The molecule has 4 nitrogen and oxygen atoms in total. The van der Waals surface area contributed by atoms with Crippen LogP contribution in [0.4, 0.5) is 0 Å². The molecule has 5 heteroatoms. The van der Waals surface area contributed by atoms with Crippen molar-refractivity contribution in [1.82, 2.24) is 5.32 Å². The smallest absolute Gasteiger partial charge is 0.307 e. The third kappa shape index (κ3) is 2.36. The van der Waals surface area contributed by atoms with E-state index in [0.29, 0.717) is 5.25 Å². The first-order valence-corrected chi connectivity index (χ1v) is 8.63. The van der Waals surface area contributed by atoms with Crippen LogP contribution < -0.4 is 5.32 Å². The van der Waals surface area contributed by atoms with Gasteiger partial charge in [0.25, 0.3) is 0 Å². The van der Waals surface area contributed by atoms with Gasteiger partial charge in [0.1, 0.15) is 0 Å². The minimum absolute atomic E-state index is 0.0407. The first-order valence-electron chi connectivity index (χ1n) is 7.34. The summed E-state index contributed by atoms with van der Waals surface area (Å²) in [6, 6.07) is 0.234. The Morgan fingerprint density at radius 1 is 1.15 bits per heavy atom. The number of aliphatic carboxylic acids is 1. The molecule has 0 saturated heterocycles. The van der Waals surface area contributed by atoms with Crippen molar-refractivity contribution in [2.24, 2.45) is 23.7 Å². The zero-order valence-corrected chi connectivity index (χ0v) is 12.4. The van der Waals surface area contributed by atoms with Crippen molar-refractivity contribution < 1.29 is 14.7 Å². The van der Waals surface area contributed by atoms with Gasteiger partial charge in [0, 0.05) is 11.3 Å². The molecule has 0 spiro atoms. The maximum Gasteiger partial charge on any atom is 0.307 e. The number of rotatable bonds is 4. The van der Waals surface area contributed by atoms with E-state index in [-0.39, 0.29) is 29.7 Å². The molecule has 1 amide bonds. The number of nitrogens with one attached hydrogen (secondary N) is 1. The Morgan fingerprint density at radius 3 is 2.45 bits per heavy atom. The van der Waals surface area contributed by atoms with Gasteiger partial charge in [-0.05, 0) is 43.8 Å². The number of hydrogen-bond acceptors (Lipinski definition) is 3. The Balaban J connectivity index is 1.65. The fourth-order valence-electron chi connectivity index (χ4n) is 4.10. The Kier molecular flexibility index (Phi) is 3.80. The van der Waals surface area contributed by atoms with E-state index < -0.39 is 11.9 Å². The predicted octanol–water partition coefficient (Wildman–Crippen LogP) is 1.91. The molecule has 0 aromatic carbocycles. The van der Waals surface area contributed by atoms with E-state index in [0.717, 1.165) is 25.7 Å². The van der Waals surface area contributed by atoms with Crippen molar-refractivity contribution in [3.05, 3.63) is 12.2 Å². The summed E-state index contributed by atoms with van der Waals surface area (Å²) in [6.07, 6.45) is 10.1. The van der Waals surface area contributed by atoms with E-state index in [1.54, 1.807) is 0 Å². The summed E-state index contributed by atoms with van der Waals surface area (Å²) in [7, 11) is 0. The van der Waals surface area contributed by atoms with E-state index in [4.69, 9.17) is 0 Å². The van der Waals surface area contributed by atoms with E-state index in [1.165, 1.54) is 0 Å². The lowest BCUT2D eigenvalue weighted by molar-refractivity contribution is -0.148. The van der Waals surface area contributed by atoms with Crippen LogP contribution in [0.3, 0.4) is 0 Å². The van der Waals surface area contributed by atoms with E-state index >= 15 is 0 Å². The molecular weight excluding hydrogens is 274 g/mol. The van der Waals surface area contributed by atoms with E-state index in [1.807, 2.05) is 23.9 Å². The first-order chi connectivity index (χ1) is 9.60. The molecule has 2 bridgehead atoms. The number of amides is 1. The van der Waals surface area contributed by atoms with Crippen molar-refractivity contribution >= 4 is 23.6 Å². The highest BCUT2D eigenvalue weighted by Gasteiger charge is 2.51. The van der Waals surface area contributed by atoms with Crippen molar-refractivity contribution in [3.63, 3.8) is 0 Å². The molecule has 110 valence electrons. The van der Waals surface area contributed by atoms with Crippen LogP contribution in [-0.4, -0.2) is 34.5 Å². The fraction of sp³-hybridized carbons (Fsp3) is 0.733. The van der Waals surface area contributed by atoms with Gasteiger partial charge in [-0.15, -0.1) is 0 Å². The number of carbonyl (C=O) groups excluding carboxylic acids is 1. The van der Waals surface area contributed by atoms with Crippen LogP contribution in [0, 0.1) is 23.7 Å². The van der Waals surface area contributed by atoms with Crippen LogP contribution >= 0.6 is 11.8 Å². The molecule has 6 atom stereocenters. The molecule has 6 unspecified atom stereocenters. The lowest BCUT2D eigenvalue weighted by atomic mass is 9.82. The number of allylic oxidation sites excluding steroid dienone is 2. The number of carboxylic acid groups (broad SMARTS) is 1. The third-order valence-corrected chi connectivity index (χ3v) is 6.21. The molecule has 2 N–H and O–H groups in total. The average Bonchev–Trinajstić information content (AvgIpc) is 3.12. The standard InChI is InChI=1S/C15H21NO3S/c1-20-11-5-4-10(7-11)16-14(17)12-8-2-3-9(6-8)13(12)15(18)19/h2-3,8-13H,4-7H2,1H3,(H,16,17)(H,18,19). The minimum atomic E-state index is -0.824. The molecular formula is C15H21NO3S. The predicted molar refractivity (Wildman–Crippen MR) is 78.4 cm³/mol. The monoisotopic (exact) mass is 295 g/mol. The second-order valence-corrected chi connectivity index (χ2v) is 7.35. The highest BCUT2D eigenvalue weighted by atomic mass is 32.2. The lowest BCUT2D eigenvalue weighted by Crippen LogP contribution is -2.43. The molecule has 2 fully saturated rings. The molecule has 0 heterocycles. The Morgan fingerprint density at radius 2 is 1.85 bits per heavy atom.